The second-order valence-electron chi connectivity index (χ2n) is 6.92. The van der Waals surface area contributed by atoms with Crippen molar-refractivity contribution in [2.45, 2.75) is 40.5 Å². The van der Waals surface area contributed by atoms with Crippen LogP contribution in [-0.4, -0.2) is 17.9 Å². The molecule has 2 aromatic rings. The van der Waals surface area contributed by atoms with Crippen molar-refractivity contribution >= 4 is 40.4 Å². The Morgan fingerprint density at radius 3 is 1.52 bits per heavy atom. The fourth-order valence-electron chi connectivity index (χ4n) is 2.35. The Kier molecular flexibility index (Phi) is 10.1. The molecule has 0 amide bonds. The maximum absolute atomic E-state index is 11.0. The van der Waals surface area contributed by atoms with Crippen LogP contribution in [0, 0.1) is 15.4 Å². The lowest BCUT2D eigenvalue weighted by Crippen LogP contribution is -2.09. The van der Waals surface area contributed by atoms with Crippen LogP contribution in [0.25, 0.3) is 0 Å². The maximum Gasteiger partial charge on any atom is 0.150 e. The van der Waals surface area contributed by atoms with E-state index < -0.39 is 0 Å². The highest BCUT2D eigenvalue weighted by atomic mass is 127. The fraction of sp³-hybridized carbons (Fsp3) is 0.348. The van der Waals surface area contributed by atoms with Crippen LogP contribution >= 0.6 is 22.6 Å². The van der Waals surface area contributed by atoms with Gasteiger partial charge in [-0.05, 0) is 72.5 Å². The Bertz CT molecular complexity index is 748. The molecule has 0 saturated heterocycles. The van der Waals surface area contributed by atoms with E-state index in [1.54, 1.807) is 26.0 Å². The van der Waals surface area contributed by atoms with Crippen molar-refractivity contribution in [1.82, 2.24) is 0 Å². The van der Waals surface area contributed by atoms with Crippen LogP contribution in [0.1, 0.15) is 49.2 Å². The normalized spacial score (nSPS) is 12.3. The Labute approximate surface area is 175 Å². The summed E-state index contributed by atoms with van der Waals surface area (Å²) in [5.41, 5.74) is 3.01. The van der Waals surface area contributed by atoms with Crippen LogP contribution in [-0.2, 0) is 22.4 Å². The van der Waals surface area contributed by atoms with Crippen molar-refractivity contribution in [2.24, 2.45) is 11.8 Å². The molecule has 0 aromatic heterocycles. The molecule has 2 atom stereocenters. The van der Waals surface area contributed by atoms with Gasteiger partial charge in [0.15, 0.2) is 0 Å². The molecule has 0 unspecified atom stereocenters. The molecule has 0 aliphatic heterocycles. The van der Waals surface area contributed by atoms with Crippen molar-refractivity contribution in [1.29, 1.82) is 0 Å². The smallest absolute Gasteiger partial charge is 0.150 e. The molecule has 0 radical (unpaired) electrons. The number of hydrogen-bond acceptors (Lipinski definition) is 3. The summed E-state index contributed by atoms with van der Waals surface area (Å²) in [7, 11) is 0. The topological polar surface area (TPSA) is 51.2 Å². The minimum absolute atomic E-state index is 0.0529. The zero-order chi connectivity index (χ0) is 20.4. The highest BCUT2D eigenvalue weighted by Crippen LogP contribution is 2.12. The lowest BCUT2D eigenvalue weighted by Gasteiger charge is -2.06. The van der Waals surface area contributed by atoms with Crippen molar-refractivity contribution in [3.63, 3.8) is 0 Å². The van der Waals surface area contributed by atoms with Gasteiger partial charge in [0.25, 0.3) is 0 Å². The Morgan fingerprint density at radius 2 is 1.19 bits per heavy atom. The number of carbonyl (C=O) groups is 3. The number of halogens is 1. The summed E-state index contributed by atoms with van der Waals surface area (Å²) in [6.07, 6.45) is 2.42. The highest BCUT2D eigenvalue weighted by Gasteiger charge is 2.08. The average molecular weight is 478 g/mol. The average Bonchev–Trinajstić information content (AvgIpc) is 2.64. The van der Waals surface area contributed by atoms with Gasteiger partial charge < -0.3 is 0 Å². The standard InChI is InChI=1S/C12H14O2.C11H13IO/c1-9(10(2)14)7-11-3-5-12(8-13)6-4-11;1-8(9(2)13)7-10-3-5-11(12)6-4-10/h3-6,8-9H,7H2,1-2H3;3-6,8H,7H2,1-2H3/t9-;8-/m00/s1. The van der Waals surface area contributed by atoms with E-state index in [1.807, 2.05) is 26.0 Å². The fourth-order valence-corrected chi connectivity index (χ4v) is 2.71. The largest absolute Gasteiger partial charge is 0.300 e. The summed E-state index contributed by atoms with van der Waals surface area (Å²) in [4.78, 5) is 32.4. The van der Waals surface area contributed by atoms with Crippen LogP contribution in [0.4, 0.5) is 0 Å². The third kappa shape index (κ3) is 9.09. The van der Waals surface area contributed by atoms with Gasteiger partial charge in [-0.15, -0.1) is 0 Å². The number of rotatable bonds is 7. The molecular weight excluding hydrogens is 451 g/mol. The molecule has 3 nitrogen and oxygen atoms in total. The SMILES string of the molecule is CC(=O)[C@@H](C)Cc1ccc(C=O)cc1.CC(=O)[C@@H](C)Cc1ccc(I)cc1. The first kappa shape index (κ1) is 23.2. The lowest BCUT2D eigenvalue weighted by molar-refractivity contribution is -0.121. The van der Waals surface area contributed by atoms with E-state index in [4.69, 9.17) is 0 Å². The second-order valence-corrected chi connectivity index (χ2v) is 8.16. The number of carbonyl (C=O) groups excluding carboxylic acids is 3. The third-order valence-electron chi connectivity index (χ3n) is 4.50. The summed E-state index contributed by atoms with van der Waals surface area (Å²) < 4.78 is 1.23. The number of ketones is 2. The monoisotopic (exact) mass is 478 g/mol. The molecule has 0 fully saturated rings. The number of aldehydes is 1. The summed E-state index contributed by atoms with van der Waals surface area (Å²) >= 11 is 2.28. The summed E-state index contributed by atoms with van der Waals surface area (Å²) in [6, 6.07) is 15.6. The summed E-state index contributed by atoms with van der Waals surface area (Å²) in [5.74, 6) is 0.653. The van der Waals surface area contributed by atoms with E-state index in [2.05, 4.69) is 46.9 Å². The Hall–Kier alpha value is -1.82. The van der Waals surface area contributed by atoms with Crippen LogP contribution in [0.3, 0.4) is 0 Å². The van der Waals surface area contributed by atoms with E-state index >= 15 is 0 Å². The minimum Gasteiger partial charge on any atom is -0.300 e. The lowest BCUT2D eigenvalue weighted by atomic mass is 9.97. The van der Waals surface area contributed by atoms with Gasteiger partial charge in [0, 0.05) is 21.0 Å². The third-order valence-corrected chi connectivity index (χ3v) is 5.22. The first-order valence-corrected chi connectivity index (χ1v) is 10.1. The molecule has 0 bridgehead atoms. The molecule has 144 valence electrons. The molecule has 0 heterocycles. The first-order valence-electron chi connectivity index (χ1n) is 9.02. The van der Waals surface area contributed by atoms with Gasteiger partial charge in [0.1, 0.15) is 17.9 Å². The number of hydrogen-bond donors (Lipinski definition) is 0. The van der Waals surface area contributed by atoms with Crippen LogP contribution < -0.4 is 0 Å². The molecular formula is C23H27IO3. The van der Waals surface area contributed by atoms with Gasteiger partial charge in [-0.1, -0.05) is 50.2 Å². The van der Waals surface area contributed by atoms with Gasteiger partial charge in [0.05, 0.1) is 0 Å². The van der Waals surface area contributed by atoms with Gasteiger partial charge in [-0.3, -0.25) is 14.4 Å². The molecule has 2 aromatic carbocycles. The highest BCUT2D eigenvalue weighted by molar-refractivity contribution is 14.1. The predicted octanol–water partition coefficient (Wildman–Crippen LogP) is 5.33. The molecule has 0 saturated carbocycles. The van der Waals surface area contributed by atoms with Gasteiger partial charge in [-0.2, -0.15) is 0 Å². The van der Waals surface area contributed by atoms with Crippen molar-refractivity contribution < 1.29 is 14.4 Å². The van der Waals surface area contributed by atoms with Crippen LogP contribution in [0.2, 0.25) is 0 Å². The first-order chi connectivity index (χ1) is 12.7. The van der Waals surface area contributed by atoms with Gasteiger partial charge in [-0.25, -0.2) is 0 Å². The molecule has 4 heteroatoms. The van der Waals surface area contributed by atoms with Crippen molar-refractivity contribution in [3.8, 4) is 0 Å². The molecule has 2 rings (SSSR count). The van der Waals surface area contributed by atoms with E-state index in [0.717, 1.165) is 24.7 Å². The number of Topliss-reactive ketones (excluding diaryl/α,β-unsaturated/α-hetero) is 2. The Morgan fingerprint density at radius 1 is 0.815 bits per heavy atom. The van der Waals surface area contributed by atoms with Crippen molar-refractivity contribution in [3.05, 3.63) is 68.8 Å². The summed E-state index contributed by atoms with van der Waals surface area (Å²) in [5, 5.41) is 0. The zero-order valence-electron chi connectivity index (χ0n) is 16.4. The van der Waals surface area contributed by atoms with Crippen molar-refractivity contribution in [2.75, 3.05) is 0 Å². The van der Waals surface area contributed by atoms with E-state index in [1.165, 1.54) is 9.13 Å². The van der Waals surface area contributed by atoms with Crippen LogP contribution in [0.5, 0.6) is 0 Å². The predicted molar refractivity (Wildman–Crippen MR) is 118 cm³/mol. The molecule has 0 aliphatic rings. The molecule has 0 aliphatic carbocycles. The number of benzene rings is 2. The second kappa shape index (κ2) is 11.8. The minimum atomic E-state index is 0.0529. The molecule has 0 spiro atoms. The maximum atomic E-state index is 11.0. The Balaban J connectivity index is 0.000000271. The van der Waals surface area contributed by atoms with Gasteiger partial charge in [0.2, 0.25) is 0 Å². The van der Waals surface area contributed by atoms with E-state index in [0.29, 0.717) is 5.56 Å². The van der Waals surface area contributed by atoms with E-state index in [9.17, 15) is 14.4 Å². The molecule has 27 heavy (non-hydrogen) atoms. The molecule has 0 N–H and O–H groups in total. The van der Waals surface area contributed by atoms with Gasteiger partial charge >= 0.3 is 0 Å². The zero-order valence-corrected chi connectivity index (χ0v) is 18.5. The quantitative estimate of drug-likeness (QED) is 0.400. The summed E-state index contributed by atoms with van der Waals surface area (Å²) in [6.45, 7) is 7.14. The van der Waals surface area contributed by atoms with Crippen LogP contribution in [0.15, 0.2) is 48.5 Å². The van der Waals surface area contributed by atoms with E-state index in [-0.39, 0.29) is 23.4 Å².